The number of amides is 5. The summed E-state index contributed by atoms with van der Waals surface area (Å²) in [7, 11) is 0. The number of rotatable bonds is 5. The largest absolute Gasteiger partial charge is 0.443 e. The lowest BCUT2D eigenvalue weighted by Gasteiger charge is -2.19. The summed E-state index contributed by atoms with van der Waals surface area (Å²) in [6.45, 7) is 6.68. The van der Waals surface area contributed by atoms with Gasteiger partial charge in [0, 0.05) is 24.5 Å². The van der Waals surface area contributed by atoms with Crippen LogP contribution in [0.3, 0.4) is 0 Å². The molecule has 12 heteroatoms. The van der Waals surface area contributed by atoms with E-state index in [0.717, 1.165) is 16.9 Å². The van der Waals surface area contributed by atoms with Crippen LogP contribution in [0.25, 0.3) is 0 Å². The second-order valence-electron chi connectivity index (χ2n) is 7.30. The first kappa shape index (κ1) is 23.6. The number of carbonyl (C=O) groups excluding carboxylic acids is 4. The molecular formula is C19H24N6O5S. The number of thiazole rings is 1. The molecule has 1 aromatic heterocycles. The van der Waals surface area contributed by atoms with Crippen LogP contribution in [0.2, 0.25) is 0 Å². The Balaban J connectivity index is 1.78. The van der Waals surface area contributed by atoms with Crippen molar-refractivity contribution >= 4 is 46.1 Å². The molecule has 2 aromatic rings. The van der Waals surface area contributed by atoms with Gasteiger partial charge in [0.2, 0.25) is 5.91 Å². The van der Waals surface area contributed by atoms with Gasteiger partial charge in [0.05, 0.1) is 0 Å². The molecule has 5 N–H and O–H groups in total. The second-order valence-corrected chi connectivity index (χ2v) is 8.16. The molecule has 0 bridgehead atoms. The van der Waals surface area contributed by atoms with Crippen molar-refractivity contribution in [1.82, 2.24) is 21.2 Å². The summed E-state index contributed by atoms with van der Waals surface area (Å²) in [4.78, 5) is 50.5. The van der Waals surface area contributed by atoms with E-state index in [1.807, 2.05) is 0 Å². The van der Waals surface area contributed by atoms with Crippen LogP contribution in [0.4, 0.5) is 20.4 Å². The van der Waals surface area contributed by atoms with Crippen LogP contribution in [0.15, 0.2) is 29.6 Å². The maximum absolute atomic E-state index is 12.2. The van der Waals surface area contributed by atoms with Gasteiger partial charge in [-0.15, -0.1) is 11.3 Å². The summed E-state index contributed by atoms with van der Waals surface area (Å²) in [5.74, 6) is -0.675. The van der Waals surface area contributed by atoms with Gasteiger partial charge in [-0.3, -0.25) is 9.59 Å². The molecule has 0 fully saturated rings. The first-order valence-electron chi connectivity index (χ1n) is 9.18. The van der Waals surface area contributed by atoms with Gasteiger partial charge in [-0.1, -0.05) is 12.1 Å². The summed E-state index contributed by atoms with van der Waals surface area (Å²) < 4.78 is 5.00. The van der Waals surface area contributed by atoms with E-state index in [2.05, 4.69) is 31.8 Å². The Morgan fingerprint density at radius 1 is 1.03 bits per heavy atom. The average molecular weight is 449 g/mol. The Kier molecular flexibility index (Phi) is 7.91. The third-order valence-corrected chi connectivity index (χ3v) is 4.12. The van der Waals surface area contributed by atoms with Crippen molar-refractivity contribution in [3.8, 4) is 0 Å². The lowest BCUT2D eigenvalue weighted by molar-refractivity contribution is -0.114. The molecule has 0 radical (unpaired) electrons. The molecule has 0 saturated heterocycles. The molecule has 0 aliphatic rings. The Hall–Kier alpha value is -3.67. The molecule has 0 aliphatic heterocycles. The van der Waals surface area contributed by atoms with Gasteiger partial charge in [-0.25, -0.2) is 25.4 Å². The van der Waals surface area contributed by atoms with E-state index < -0.39 is 23.6 Å². The highest BCUT2D eigenvalue weighted by atomic mass is 32.1. The summed E-state index contributed by atoms with van der Waals surface area (Å²) in [6, 6.07) is 6.18. The van der Waals surface area contributed by atoms with Gasteiger partial charge in [-0.05, 0) is 38.5 Å². The minimum Gasteiger partial charge on any atom is -0.443 e. The molecule has 0 aliphatic carbocycles. The van der Waals surface area contributed by atoms with E-state index in [4.69, 9.17) is 4.74 Å². The average Bonchev–Trinajstić information content (AvgIpc) is 3.12. The number of hydrazine groups is 1. The van der Waals surface area contributed by atoms with Crippen molar-refractivity contribution in [2.75, 3.05) is 10.6 Å². The zero-order chi connectivity index (χ0) is 23.0. The highest BCUT2D eigenvalue weighted by Gasteiger charge is 2.16. The van der Waals surface area contributed by atoms with Gasteiger partial charge in [0.1, 0.15) is 11.3 Å². The third kappa shape index (κ3) is 8.70. The van der Waals surface area contributed by atoms with Gasteiger partial charge < -0.3 is 20.7 Å². The van der Waals surface area contributed by atoms with Gasteiger partial charge >= 0.3 is 12.1 Å². The van der Waals surface area contributed by atoms with Crippen LogP contribution in [-0.2, 0) is 16.1 Å². The van der Waals surface area contributed by atoms with Gasteiger partial charge in [-0.2, -0.15) is 0 Å². The highest BCUT2D eigenvalue weighted by Crippen LogP contribution is 2.17. The minimum atomic E-state index is -0.771. The summed E-state index contributed by atoms with van der Waals surface area (Å²) in [5, 5.41) is 9.68. The maximum Gasteiger partial charge on any atom is 0.426 e. The molecule has 1 heterocycles. The molecule has 2 rings (SSSR count). The molecule has 1 aromatic carbocycles. The molecule has 31 heavy (non-hydrogen) atoms. The molecule has 0 spiro atoms. The van der Waals surface area contributed by atoms with Gasteiger partial charge in [0.15, 0.2) is 5.13 Å². The molecule has 0 atom stereocenters. The van der Waals surface area contributed by atoms with Crippen LogP contribution in [-0.4, -0.2) is 34.5 Å². The molecule has 5 amide bonds. The number of benzene rings is 1. The first-order valence-corrected chi connectivity index (χ1v) is 10.1. The Labute approximate surface area is 182 Å². The van der Waals surface area contributed by atoms with Crippen LogP contribution < -0.4 is 26.8 Å². The molecule has 0 saturated carbocycles. The summed E-state index contributed by atoms with van der Waals surface area (Å²) in [6.07, 6.45) is -0.771. The lowest BCUT2D eigenvalue weighted by atomic mass is 10.2. The minimum absolute atomic E-state index is 0.189. The van der Waals surface area contributed by atoms with Crippen LogP contribution >= 0.6 is 11.3 Å². The van der Waals surface area contributed by atoms with Crippen molar-refractivity contribution in [1.29, 1.82) is 0 Å². The zero-order valence-electron chi connectivity index (χ0n) is 17.5. The van der Waals surface area contributed by atoms with Crippen molar-refractivity contribution in [2.45, 2.75) is 39.8 Å². The van der Waals surface area contributed by atoms with Gasteiger partial charge in [0.25, 0.3) is 5.91 Å². The normalized spacial score (nSPS) is 10.6. The number of anilines is 2. The first-order chi connectivity index (χ1) is 14.5. The van der Waals surface area contributed by atoms with Crippen molar-refractivity contribution in [3.05, 3.63) is 40.9 Å². The number of carbonyl (C=O) groups is 4. The fourth-order valence-corrected chi connectivity index (χ4v) is 2.86. The number of hydrogen-bond acceptors (Lipinski definition) is 7. The zero-order valence-corrected chi connectivity index (χ0v) is 18.3. The number of nitrogens with zero attached hydrogens (tertiary/aromatic N) is 1. The fourth-order valence-electron chi connectivity index (χ4n) is 2.13. The standard InChI is InChI=1S/C19H24N6O5S/c1-11(26)21-17-23-14(10-31-17)15(27)22-13-7-5-12(6-8-13)9-20-16(28)24-25-18(29)30-19(2,3)4/h5-8,10H,9H2,1-4H3,(H,22,27)(H,25,29)(H2,20,24,28)(H,21,23,26). The number of nitrogens with one attached hydrogen (secondary N) is 5. The smallest absolute Gasteiger partial charge is 0.426 e. The predicted octanol–water partition coefficient (Wildman–Crippen LogP) is 2.59. The number of ether oxygens (including phenoxy) is 1. The number of aromatic nitrogens is 1. The second kappa shape index (κ2) is 10.4. The van der Waals surface area contributed by atoms with Crippen LogP contribution in [0.5, 0.6) is 0 Å². The molecule has 0 unspecified atom stereocenters. The Morgan fingerprint density at radius 3 is 2.32 bits per heavy atom. The number of hydrogen-bond donors (Lipinski definition) is 5. The van der Waals surface area contributed by atoms with Crippen LogP contribution in [0.1, 0.15) is 43.7 Å². The van der Waals surface area contributed by atoms with E-state index >= 15 is 0 Å². The lowest BCUT2D eigenvalue weighted by Crippen LogP contribution is -2.48. The highest BCUT2D eigenvalue weighted by molar-refractivity contribution is 7.14. The predicted molar refractivity (Wildman–Crippen MR) is 116 cm³/mol. The Bertz CT molecular complexity index is 951. The summed E-state index contributed by atoms with van der Waals surface area (Å²) >= 11 is 1.15. The van der Waals surface area contributed by atoms with E-state index in [1.165, 1.54) is 6.92 Å². The molecule has 166 valence electrons. The quantitative estimate of drug-likeness (QED) is 0.444. The van der Waals surface area contributed by atoms with Crippen LogP contribution in [0, 0.1) is 0 Å². The van der Waals surface area contributed by atoms with E-state index in [1.54, 1.807) is 50.4 Å². The maximum atomic E-state index is 12.2. The third-order valence-electron chi connectivity index (χ3n) is 3.36. The molecule has 11 nitrogen and oxygen atoms in total. The van der Waals surface area contributed by atoms with Crippen molar-refractivity contribution in [2.24, 2.45) is 0 Å². The van der Waals surface area contributed by atoms with E-state index in [9.17, 15) is 19.2 Å². The Morgan fingerprint density at radius 2 is 1.71 bits per heavy atom. The monoisotopic (exact) mass is 448 g/mol. The topological polar surface area (TPSA) is 151 Å². The summed E-state index contributed by atoms with van der Waals surface area (Å²) in [5.41, 5.74) is 5.14. The SMILES string of the molecule is CC(=O)Nc1nc(C(=O)Nc2ccc(CNC(=O)NNC(=O)OC(C)(C)C)cc2)cs1. The van der Waals surface area contributed by atoms with Crippen molar-refractivity contribution in [3.63, 3.8) is 0 Å². The number of urea groups is 1. The van der Waals surface area contributed by atoms with E-state index in [0.29, 0.717) is 10.8 Å². The fraction of sp³-hybridized carbons (Fsp3) is 0.316. The van der Waals surface area contributed by atoms with Crippen molar-refractivity contribution < 1.29 is 23.9 Å². The van der Waals surface area contributed by atoms with E-state index in [-0.39, 0.29) is 18.1 Å². The molecular weight excluding hydrogens is 424 g/mol.